The molecule has 3 nitrogen and oxygen atoms in total. The first-order valence-corrected chi connectivity index (χ1v) is 7.08. The quantitative estimate of drug-likeness (QED) is 0.918. The average molecular weight is 321 g/mol. The fourth-order valence-corrected chi connectivity index (χ4v) is 2.16. The molecule has 4 heteroatoms. The van der Waals surface area contributed by atoms with Crippen molar-refractivity contribution in [2.24, 2.45) is 5.73 Å². The Kier molecular flexibility index (Phi) is 4.93. The summed E-state index contributed by atoms with van der Waals surface area (Å²) < 4.78 is 6.80. The summed E-state index contributed by atoms with van der Waals surface area (Å²) in [6, 6.07) is 11.9. The number of ether oxygens (including phenoxy) is 1. The number of halogens is 1. The molecule has 0 aliphatic carbocycles. The third-order valence-electron chi connectivity index (χ3n) is 2.85. The van der Waals surface area contributed by atoms with Crippen LogP contribution in [0.5, 0.6) is 5.88 Å². The second kappa shape index (κ2) is 6.68. The Balaban J connectivity index is 2.13. The number of hydrogen-bond acceptors (Lipinski definition) is 3. The molecule has 1 aromatic heterocycles. The molecule has 0 amide bonds. The first kappa shape index (κ1) is 14.0. The molecular weight excluding hydrogens is 304 g/mol. The topological polar surface area (TPSA) is 48.1 Å². The molecule has 0 aliphatic rings. The molecule has 0 bridgehead atoms. The van der Waals surface area contributed by atoms with Crippen LogP contribution in [0.3, 0.4) is 0 Å². The van der Waals surface area contributed by atoms with E-state index in [1.54, 1.807) is 0 Å². The Hall–Kier alpha value is -1.39. The van der Waals surface area contributed by atoms with Gasteiger partial charge >= 0.3 is 0 Å². The smallest absolute Gasteiger partial charge is 0.214 e. The fourth-order valence-electron chi connectivity index (χ4n) is 1.76. The van der Waals surface area contributed by atoms with Crippen LogP contribution in [0.4, 0.5) is 0 Å². The molecule has 0 atom stereocenters. The van der Waals surface area contributed by atoms with E-state index in [1.165, 1.54) is 0 Å². The largest absolute Gasteiger partial charge is 0.473 e. The number of aromatic nitrogens is 1. The zero-order chi connectivity index (χ0) is 13.7. The zero-order valence-corrected chi connectivity index (χ0v) is 12.5. The SMILES string of the molecule is CCc1cc(CN)cc(OCc2ccccc2Br)n1. The summed E-state index contributed by atoms with van der Waals surface area (Å²) in [6.45, 7) is 3.06. The van der Waals surface area contributed by atoms with Gasteiger partial charge in [-0.2, -0.15) is 0 Å². The van der Waals surface area contributed by atoms with Gasteiger partial charge in [0.05, 0.1) is 0 Å². The first-order chi connectivity index (χ1) is 9.22. The average Bonchev–Trinajstić information content (AvgIpc) is 2.46. The van der Waals surface area contributed by atoms with Crippen LogP contribution in [0.25, 0.3) is 0 Å². The van der Waals surface area contributed by atoms with Crippen molar-refractivity contribution in [3.05, 3.63) is 57.7 Å². The summed E-state index contributed by atoms with van der Waals surface area (Å²) in [5, 5.41) is 0. The molecule has 1 heterocycles. The van der Waals surface area contributed by atoms with Crippen molar-refractivity contribution in [2.75, 3.05) is 0 Å². The third kappa shape index (κ3) is 3.78. The lowest BCUT2D eigenvalue weighted by molar-refractivity contribution is 0.292. The van der Waals surface area contributed by atoms with Crippen LogP contribution >= 0.6 is 15.9 Å². The van der Waals surface area contributed by atoms with Gasteiger partial charge in [-0.3, -0.25) is 0 Å². The van der Waals surface area contributed by atoms with Gasteiger partial charge in [-0.05, 0) is 24.1 Å². The Morgan fingerprint density at radius 1 is 1.26 bits per heavy atom. The minimum Gasteiger partial charge on any atom is -0.473 e. The van der Waals surface area contributed by atoms with Gasteiger partial charge in [0.25, 0.3) is 0 Å². The minimum atomic E-state index is 0.492. The zero-order valence-electron chi connectivity index (χ0n) is 10.9. The number of nitrogens with two attached hydrogens (primary N) is 1. The van der Waals surface area contributed by atoms with Crippen molar-refractivity contribution >= 4 is 15.9 Å². The maximum absolute atomic E-state index is 5.76. The molecule has 1 aromatic carbocycles. The van der Waals surface area contributed by atoms with Crippen LogP contribution in [0.15, 0.2) is 40.9 Å². The van der Waals surface area contributed by atoms with E-state index in [9.17, 15) is 0 Å². The summed E-state index contributed by atoms with van der Waals surface area (Å²) in [7, 11) is 0. The van der Waals surface area contributed by atoms with Gasteiger partial charge in [-0.25, -0.2) is 4.98 Å². The summed E-state index contributed by atoms with van der Waals surface area (Å²) in [5.74, 6) is 0.635. The standard InChI is InChI=1S/C15H17BrN2O/c1-2-13-7-11(9-17)8-15(18-13)19-10-12-5-3-4-6-14(12)16/h3-8H,2,9-10,17H2,1H3. The van der Waals surface area contributed by atoms with Crippen molar-refractivity contribution in [2.45, 2.75) is 26.5 Å². The highest BCUT2D eigenvalue weighted by Gasteiger charge is 2.04. The predicted octanol–water partition coefficient (Wildman–Crippen LogP) is 3.44. The Morgan fingerprint density at radius 2 is 2.05 bits per heavy atom. The second-order valence-electron chi connectivity index (χ2n) is 4.24. The normalized spacial score (nSPS) is 10.5. The summed E-state index contributed by atoms with van der Waals surface area (Å²) in [6.07, 6.45) is 0.874. The number of pyridine rings is 1. The molecule has 0 saturated heterocycles. The summed E-state index contributed by atoms with van der Waals surface area (Å²) >= 11 is 3.51. The van der Waals surface area contributed by atoms with Crippen molar-refractivity contribution in [1.82, 2.24) is 4.98 Å². The van der Waals surface area contributed by atoms with Gasteiger partial charge in [-0.15, -0.1) is 0 Å². The van der Waals surface area contributed by atoms with E-state index in [4.69, 9.17) is 10.5 Å². The highest BCUT2D eigenvalue weighted by molar-refractivity contribution is 9.10. The van der Waals surface area contributed by atoms with Crippen molar-refractivity contribution in [3.8, 4) is 5.88 Å². The summed E-state index contributed by atoms with van der Waals surface area (Å²) in [5.41, 5.74) is 8.84. The lowest BCUT2D eigenvalue weighted by Crippen LogP contribution is -2.03. The Bertz CT molecular complexity index is 535. The molecule has 2 N–H and O–H groups in total. The van der Waals surface area contributed by atoms with E-state index in [1.807, 2.05) is 36.4 Å². The van der Waals surface area contributed by atoms with Crippen LogP contribution in [0, 0.1) is 0 Å². The van der Waals surface area contributed by atoms with Gasteiger partial charge in [0, 0.05) is 28.3 Å². The highest BCUT2D eigenvalue weighted by Crippen LogP contribution is 2.19. The third-order valence-corrected chi connectivity index (χ3v) is 3.62. The van der Waals surface area contributed by atoms with E-state index >= 15 is 0 Å². The molecule has 0 fully saturated rings. The number of hydrogen-bond donors (Lipinski definition) is 1. The van der Waals surface area contributed by atoms with Crippen LogP contribution < -0.4 is 10.5 Å². The number of aryl methyl sites for hydroxylation is 1. The van der Waals surface area contributed by atoms with E-state index < -0.39 is 0 Å². The number of benzene rings is 1. The second-order valence-corrected chi connectivity index (χ2v) is 5.10. The van der Waals surface area contributed by atoms with Gasteiger partial charge in [-0.1, -0.05) is 41.1 Å². The first-order valence-electron chi connectivity index (χ1n) is 6.29. The van der Waals surface area contributed by atoms with E-state index in [2.05, 4.69) is 27.8 Å². The van der Waals surface area contributed by atoms with Crippen LogP contribution in [-0.4, -0.2) is 4.98 Å². The van der Waals surface area contributed by atoms with Crippen molar-refractivity contribution < 1.29 is 4.74 Å². The van der Waals surface area contributed by atoms with E-state index in [0.717, 1.165) is 27.7 Å². The van der Waals surface area contributed by atoms with Gasteiger partial charge in [0.15, 0.2) is 0 Å². The van der Waals surface area contributed by atoms with Crippen LogP contribution in [0.1, 0.15) is 23.7 Å². The lowest BCUT2D eigenvalue weighted by Gasteiger charge is -2.09. The molecule has 0 radical (unpaired) electrons. The maximum atomic E-state index is 5.76. The van der Waals surface area contributed by atoms with Gasteiger partial charge in [0.1, 0.15) is 6.61 Å². The van der Waals surface area contributed by atoms with Crippen molar-refractivity contribution in [1.29, 1.82) is 0 Å². The molecule has 0 aliphatic heterocycles. The highest BCUT2D eigenvalue weighted by atomic mass is 79.9. The molecule has 2 aromatic rings. The minimum absolute atomic E-state index is 0.492. The molecule has 0 unspecified atom stereocenters. The van der Waals surface area contributed by atoms with Gasteiger partial charge in [0.2, 0.25) is 5.88 Å². The Morgan fingerprint density at radius 3 is 2.74 bits per heavy atom. The lowest BCUT2D eigenvalue weighted by atomic mass is 10.2. The maximum Gasteiger partial charge on any atom is 0.214 e. The van der Waals surface area contributed by atoms with E-state index in [0.29, 0.717) is 19.0 Å². The number of rotatable bonds is 5. The molecule has 19 heavy (non-hydrogen) atoms. The van der Waals surface area contributed by atoms with Gasteiger partial charge < -0.3 is 10.5 Å². The monoisotopic (exact) mass is 320 g/mol. The molecular formula is C15H17BrN2O. The Labute approximate surface area is 121 Å². The fraction of sp³-hybridized carbons (Fsp3) is 0.267. The van der Waals surface area contributed by atoms with Crippen LogP contribution in [-0.2, 0) is 19.6 Å². The molecule has 0 spiro atoms. The molecule has 2 rings (SSSR count). The molecule has 100 valence electrons. The van der Waals surface area contributed by atoms with E-state index in [-0.39, 0.29) is 0 Å². The number of nitrogens with zero attached hydrogens (tertiary/aromatic N) is 1. The van der Waals surface area contributed by atoms with Crippen LogP contribution in [0.2, 0.25) is 0 Å². The van der Waals surface area contributed by atoms with Crippen molar-refractivity contribution in [3.63, 3.8) is 0 Å². The molecule has 0 saturated carbocycles. The predicted molar refractivity (Wildman–Crippen MR) is 80.0 cm³/mol. The summed E-state index contributed by atoms with van der Waals surface area (Å²) in [4.78, 5) is 4.45.